The number of hydrogen-bond acceptors (Lipinski definition) is 4. The molecule has 1 heterocycles. The summed E-state index contributed by atoms with van der Waals surface area (Å²) in [6, 6.07) is 6.91. The number of rotatable bonds is 0. The minimum Gasteiger partial charge on any atom is -0.301 e. The highest BCUT2D eigenvalue weighted by atomic mass is 16.6. The molecule has 12 heavy (non-hydrogen) atoms. The van der Waals surface area contributed by atoms with Crippen LogP contribution in [0.5, 0.6) is 0 Å². The van der Waals surface area contributed by atoms with E-state index in [4.69, 9.17) is 5.21 Å². The van der Waals surface area contributed by atoms with E-state index < -0.39 is 5.91 Å². The number of anilines is 1. The minimum atomic E-state index is -0.468. The first-order valence-corrected chi connectivity index (χ1v) is 3.43. The van der Waals surface area contributed by atoms with E-state index in [-0.39, 0.29) is 0 Å². The molecule has 2 rings (SSSR count). The fraction of sp³-hybridized carbons (Fsp3) is 0. The second-order valence-corrected chi connectivity index (χ2v) is 2.40. The van der Waals surface area contributed by atoms with Crippen LogP contribution in [0.1, 0.15) is 10.4 Å². The van der Waals surface area contributed by atoms with E-state index in [0.717, 1.165) is 0 Å². The molecule has 0 fully saturated rings. The van der Waals surface area contributed by atoms with E-state index in [1.807, 2.05) is 0 Å². The van der Waals surface area contributed by atoms with E-state index in [9.17, 15) is 4.79 Å². The summed E-state index contributed by atoms with van der Waals surface area (Å²) in [6.07, 6.45) is 0. The van der Waals surface area contributed by atoms with Crippen molar-refractivity contribution in [3.8, 4) is 0 Å². The Balaban J connectivity index is 2.49. The molecule has 1 aromatic carbocycles. The second-order valence-electron chi connectivity index (χ2n) is 2.40. The maximum absolute atomic E-state index is 11.2. The predicted octanol–water partition coefficient (Wildman–Crippen LogP) is 0.363. The molecule has 1 aliphatic rings. The first kappa shape index (κ1) is 7.08. The Morgan fingerprint density at radius 3 is 2.92 bits per heavy atom. The quantitative estimate of drug-likeness (QED) is 0.486. The van der Waals surface area contributed by atoms with E-state index in [1.54, 1.807) is 24.3 Å². The summed E-state index contributed by atoms with van der Waals surface area (Å²) in [7, 11) is 0. The molecule has 3 N–H and O–H groups in total. The minimum absolute atomic E-state index is 0.405. The summed E-state index contributed by atoms with van der Waals surface area (Å²) in [5.41, 5.74) is 6.03. The monoisotopic (exact) mass is 165 g/mol. The van der Waals surface area contributed by atoms with E-state index >= 15 is 0 Å². The molecule has 0 radical (unpaired) electrons. The standard InChI is InChI=1S/C7H7N3O2/c11-7-5-3-1-2-4-6(5)8-9-10(7)12/h1-4,8-9,12H. The molecule has 0 bridgehead atoms. The first-order chi connectivity index (χ1) is 5.79. The van der Waals surface area contributed by atoms with Crippen LogP contribution in [0, 0.1) is 0 Å². The number of benzene rings is 1. The van der Waals surface area contributed by atoms with Crippen LogP contribution in [0.15, 0.2) is 24.3 Å². The van der Waals surface area contributed by atoms with Crippen molar-refractivity contribution in [2.75, 3.05) is 5.43 Å². The van der Waals surface area contributed by atoms with Crippen molar-refractivity contribution in [3.05, 3.63) is 29.8 Å². The Hall–Kier alpha value is -1.59. The largest absolute Gasteiger partial charge is 0.301 e. The van der Waals surface area contributed by atoms with Crippen LogP contribution < -0.4 is 11.0 Å². The van der Waals surface area contributed by atoms with Gasteiger partial charge in [-0.2, -0.15) is 0 Å². The van der Waals surface area contributed by atoms with Gasteiger partial charge < -0.3 is 5.43 Å². The summed E-state index contributed by atoms with van der Waals surface area (Å²) >= 11 is 0. The fourth-order valence-corrected chi connectivity index (χ4v) is 1.06. The van der Waals surface area contributed by atoms with Crippen molar-refractivity contribution >= 4 is 11.6 Å². The molecule has 0 saturated heterocycles. The molecule has 0 unspecified atom stereocenters. The van der Waals surface area contributed by atoms with Gasteiger partial charge in [0, 0.05) is 0 Å². The molecule has 62 valence electrons. The zero-order valence-electron chi connectivity index (χ0n) is 6.11. The number of fused-ring (bicyclic) bond motifs is 1. The Bertz CT molecular complexity index is 326. The molecule has 1 amide bonds. The molecule has 1 aromatic rings. The van der Waals surface area contributed by atoms with E-state index in [1.165, 1.54) is 0 Å². The van der Waals surface area contributed by atoms with Gasteiger partial charge in [-0.1, -0.05) is 12.1 Å². The molecule has 0 spiro atoms. The molecule has 0 saturated carbocycles. The highest BCUT2D eigenvalue weighted by molar-refractivity contribution is 5.99. The van der Waals surface area contributed by atoms with Crippen LogP contribution in [0.25, 0.3) is 0 Å². The normalized spacial score (nSPS) is 15.4. The van der Waals surface area contributed by atoms with Crippen molar-refractivity contribution < 1.29 is 10.0 Å². The number of carbonyl (C=O) groups excluding carboxylic acids is 1. The van der Waals surface area contributed by atoms with Crippen LogP contribution >= 0.6 is 0 Å². The van der Waals surface area contributed by atoms with Crippen molar-refractivity contribution in [2.45, 2.75) is 0 Å². The van der Waals surface area contributed by atoms with Crippen LogP contribution in [0.3, 0.4) is 0 Å². The van der Waals surface area contributed by atoms with Gasteiger partial charge in [0.1, 0.15) is 0 Å². The molecular formula is C7H7N3O2. The van der Waals surface area contributed by atoms with Gasteiger partial charge in [0.25, 0.3) is 5.91 Å². The molecule has 5 nitrogen and oxygen atoms in total. The number of para-hydroxylation sites is 1. The van der Waals surface area contributed by atoms with E-state index in [0.29, 0.717) is 16.4 Å². The fourth-order valence-electron chi connectivity index (χ4n) is 1.06. The molecule has 0 atom stereocenters. The Kier molecular flexibility index (Phi) is 1.46. The second kappa shape index (κ2) is 2.47. The third-order valence-corrected chi connectivity index (χ3v) is 1.65. The predicted molar refractivity (Wildman–Crippen MR) is 41.2 cm³/mol. The average Bonchev–Trinajstić information content (AvgIpc) is 2.12. The van der Waals surface area contributed by atoms with E-state index in [2.05, 4.69) is 11.0 Å². The van der Waals surface area contributed by atoms with Gasteiger partial charge >= 0.3 is 0 Å². The Morgan fingerprint density at radius 2 is 2.08 bits per heavy atom. The van der Waals surface area contributed by atoms with Gasteiger partial charge in [0.05, 0.1) is 11.3 Å². The molecule has 0 aliphatic carbocycles. The molecule has 5 heteroatoms. The SMILES string of the molecule is O=C1c2ccccc2NNN1O. The lowest BCUT2D eigenvalue weighted by atomic mass is 10.1. The zero-order valence-corrected chi connectivity index (χ0v) is 6.11. The lowest BCUT2D eigenvalue weighted by Gasteiger charge is -2.24. The number of nitrogens with zero attached hydrogens (tertiary/aromatic N) is 1. The lowest BCUT2D eigenvalue weighted by molar-refractivity contribution is -0.0931. The van der Waals surface area contributed by atoms with Crippen molar-refractivity contribution in [1.29, 1.82) is 0 Å². The number of hydrazine groups is 2. The molecular weight excluding hydrogens is 158 g/mol. The Labute approximate surface area is 68.5 Å². The number of nitrogens with one attached hydrogen (secondary N) is 2. The summed E-state index contributed by atoms with van der Waals surface area (Å²) in [5, 5.41) is 9.34. The van der Waals surface area contributed by atoms with Crippen molar-refractivity contribution in [1.82, 2.24) is 10.7 Å². The number of hydrogen-bond donors (Lipinski definition) is 3. The van der Waals surface area contributed by atoms with Crippen molar-refractivity contribution in [3.63, 3.8) is 0 Å². The number of amides is 1. The topological polar surface area (TPSA) is 64.6 Å². The first-order valence-electron chi connectivity index (χ1n) is 3.43. The van der Waals surface area contributed by atoms with Gasteiger partial charge in [-0.15, -0.1) is 10.7 Å². The van der Waals surface area contributed by atoms with Gasteiger partial charge in [0.2, 0.25) is 0 Å². The van der Waals surface area contributed by atoms with Crippen LogP contribution in [0.2, 0.25) is 0 Å². The average molecular weight is 165 g/mol. The highest BCUT2D eigenvalue weighted by Crippen LogP contribution is 2.17. The van der Waals surface area contributed by atoms with Crippen LogP contribution in [-0.4, -0.2) is 16.3 Å². The number of hydroxylamine groups is 1. The Morgan fingerprint density at radius 1 is 1.33 bits per heavy atom. The summed E-state index contributed by atoms with van der Waals surface area (Å²) < 4.78 is 0. The van der Waals surface area contributed by atoms with Crippen molar-refractivity contribution in [2.24, 2.45) is 0 Å². The summed E-state index contributed by atoms with van der Waals surface area (Å²) in [6.45, 7) is 0. The maximum Gasteiger partial charge on any atom is 0.296 e. The lowest BCUT2D eigenvalue weighted by Crippen LogP contribution is -2.47. The third-order valence-electron chi connectivity index (χ3n) is 1.65. The maximum atomic E-state index is 11.2. The summed E-state index contributed by atoms with van der Waals surface area (Å²) in [4.78, 5) is 11.2. The third kappa shape index (κ3) is 0.919. The van der Waals surface area contributed by atoms with Gasteiger partial charge in [-0.3, -0.25) is 10.0 Å². The zero-order chi connectivity index (χ0) is 8.55. The van der Waals surface area contributed by atoms with Gasteiger partial charge in [-0.05, 0) is 12.1 Å². The smallest absolute Gasteiger partial charge is 0.296 e. The van der Waals surface area contributed by atoms with Crippen LogP contribution in [-0.2, 0) is 0 Å². The number of carbonyl (C=O) groups is 1. The van der Waals surface area contributed by atoms with Crippen LogP contribution in [0.4, 0.5) is 5.69 Å². The molecule has 1 aliphatic heterocycles. The van der Waals surface area contributed by atoms with Gasteiger partial charge in [-0.25, -0.2) is 0 Å². The van der Waals surface area contributed by atoms with Gasteiger partial charge in [0.15, 0.2) is 0 Å². The molecule has 0 aromatic heterocycles. The summed E-state index contributed by atoms with van der Waals surface area (Å²) in [5.74, 6) is -0.468. The highest BCUT2D eigenvalue weighted by Gasteiger charge is 2.21.